The lowest BCUT2D eigenvalue weighted by molar-refractivity contribution is -0.137. The Morgan fingerprint density at radius 2 is 1.80 bits per heavy atom. The van der Waals surface area contributed by atoms with Gasteiger partial charge in [-0.05, 0) is 37.0 Å². The van der Waals surface area contributed by atoms with Crippen molar-refractivity contribution in [3.63, 3.8) is 0 Å². The minimum absolute atomic E-state index is 0.218. The maximum Gasteiger partial charge on any atom is 0.303 e. The molecule has 0 bridgehead atoms. The molecule has 1 N–H and O–H groups in total. The Labute approximate surface area is 88.7 Å². The van der Waals surface area contributed by atoms with E-state index in [0.717, 1.165) is 31.2 Å². The summed E-state index contributed by atoms with van der Waals surface area (Å²) in [7, 11) is 0. The Bertz CT molecular complexity index is 306. The molecule has 0 aromatic heterocycles. The number of carboxylic acid groups (broad SMARTS) is 1. The molecule has 0 aliphatic heterocycles. The van der Waals surface area contributed by atoms with Gasteiger partial charge in [-0.3, -0.25) is 4.79 Å². The lowest BCUT2D eigenvalue weighted by Crippen LogP contribution is -1.94. The van der Waals surface area contributed by atoms with Crippen molar-refractivity contribution >= 4 is 5.97 Å². The second kappa shape index (κ2) is 6.17. The zero-order valence-corrected chi connectivity index (χ0v) is 8.58. The Kier molecular flexibility index (Phi) is 4.81. The van der Waals surface area contributed by atoms with E-state index in [1.807, 2.05) is 0 Å². The molecule has 0 radical (unpaired) electrons. The number of aryl methyl sites for hydroxylation is 1. The van der Waals surface area contributed by atoms with E-state index in [2.05, 4.69) is 0 Å². The first kappa shape index (κ1) is 11.7. The Hall–Kier alpha value is -1.38. The van der Waals surface area contributed by atoms with Crippen LogP contribution < -0.4 is 0 Å². The molecule has 0 atom stereocenters. The van der Waals surface area contributed by atoms with Crippen molar-refractivity contribution in [1.29, 1.82) is 0 Å². The molecule has 15 heavy (non-hydrogen) atoms. The van der Waals surface area contributed by atoms with Gasteiger partial charge in [0.05, 0.1) is 0 Å². The minimum atomic E-state index is -0.739. The lowest BCUT2D eigenvalue weighted by atomic mass is 10.1. The van der Waals surface area contributed by atoms with Crippen LogP contribution in [-0.4, -0.2) is 11.1 Å². The summed E-state index contributed by atoms with van der Waals surface area (Å²) in [5.41, 5.74) is 1.10. The Morgan fingerprint density at radius 3 is 2.40 bits per heavy atom. The predicted molar refractivity (Wildman–Crippen MR) is 56.2 cm³/mol. The highest BCUT2D eigenvalue weighted by atomic mass is 19.1. The van der Waals surface area contributed by atoms with Gasteiger partial charge in [0, 0.05) is 6.42 Å². The zero-order chi connectivity index (χ0) is 11.1. The van der Waals surface area contributed by atoms with E-state index in [1.165, 1.54) is 12.1 Å². The molecule has 2 nitrogen and oxygen atoms in total. The molecule has 0 amide bonds. The summed E-state index contributed by atoms with van der Waals surface area (Å²) >= 11 is 0. The third kappa shape index (κ3) is 5.15. The van der Waals surface area contributed by atoms with E-state index in [-0.39, 0.29) is 12.2 Å². The Balaban J connectivity index is 2.15. The standard InChI is InChI=1S/C12H15FO2/c13-11-8-6-10(7-9-11)4-2-1-3-5-12(14)15/h6-9H,1-5H2,(H,14,15). The maximum atomic E-state index is 12.6. The third-order valence-corrected chi connectivity index (χ3v) is 2.27. The number of rotatable bonds is 6. The van der Waals surface area contributed by atoms with Crippen molar-refractivity contribution in [3.8, 4) is 0 Å². The van der Waals surface area contributed by atoms with Gasteiger partial charge < -0.3 is 5.11 Å². The van der Waals surface area contributed by atoms with Gasteiger partial charge >= 0.3 is 5.97 Å². The molecule has 0 saturated carbocycles. The normalized spacial score (nSPS) is 10.2. The third-order valence-electron chi connectivity index (χ3n) is 2.27. The molecular weight excluding hydrogens is 195 g/mol. The number of hydrogen-bond acceptors (Lipinski definition) is 1. The van der Waals surface area contributed by atoms with Gasteiger partial charge in [-0.1, -0.05) is 18.6 Å². The number of unbranched alkanes of at least 4 members (excludes halogenated alkanes) is 2. The number of halogens is 1. The van der Waals surface area contributed by atoms with Crippen LogP contribution in [0.15, 0.2) is 24.3 Å². The van der Waals surface area contributed by atoms with Gasteiger partial charge in [0.15, 0.2) is 0 Å². The first-order chi connectivity index (χ1) is 7.18. The van der Waals surface area contributed by atoms with Crippen LogP contribution in [0.2, 0.25) is 0 Å². The zero-order valence-electron chi connectivity index (χ0n) is 8.58. The van der Waals surface area contributed by atoms with Crippen molar-refractivity contribution in [3.05, 3.63) is 35.6 Å². The summed E-state index contributed by atoms with van der Waals surface area (Å²) in [5.74, 6) is -0.957. The van der Waals surface area contributed by atoms with Crippen molar-refractivity contribution in [2.24, 2.45) is 0 Å². The van der Waals surface area contributed by atoms with Crippen LogP contribution in [0.5, 0.6) is 0 Å². The molecule has 1 aromatic rings. The number of carbonyl (C=O) groups is 1. The average molecular weight is 210 g/mol. The topological polar surface area (TPSA) is 37.3 Å². The molecule has 0 fully saturated rings. The van der Waals surface area contributed by atoms with Crippen molar-refractivity contribution in [2.45, 2.75) is 32.1 Å². The maximum absolute atomic E-state index is 12.6. The number of benzene rings is 1. The van der Waals surface area contributed by atoms with Crippen LogP contribution in [0.4, 0.5) is 4.39 Å². The summed E-state index contributed by atoms with van der Waals surface area (Å²) in [4.78, 5) is 10.2. The molecule has 0 aliphatic rings. The van der Waals surface area contributed by atoms with Gasteiger partial charge in [-0.15, -0.1) is 0 Å². The number of hydrogen-bond donors (Lipinski definition) is 1. The largest absolute Gasteiger partial charge is 0.481 e. The second-order valence-electron chi connectivity index (χ2n) is 3.58. The fraction of sp³-hybridized carbons (Fsp3) is 0.417. The van der Waals surface area contributed by atoms with Gasteiger partial charge in [0.2, 0.25) is 0 Å². The van der Waals surface area contributed by atoms with Gasteiger partial charge in [0.25, 0.3) is 0 Å². The molecule has 0 spiro atoms. The Morgan fingerprint density at radius 1 is 1.13 bits per heavy atom. The van der Waals surface area contributed by atoms with Crippen molar-refractivity contribution in [1.82, 2.24) is 0 Å². The van der Waals surface area contributed by atoms with Crippen molar-refractivity contribution < 1.29 is 14.3 Å². The fourth-order valence-electron chi connectivity index (χ4n) is 1.43. The molecule has 0 unspecified atom stereocenters. The van der Waals surface area contributed by atoms with Crippen LogP contribution in [-0.2, 0) is 11.2 Å². The molecule has 0 aliphatic carbocycles. The van der Waals surface area contributed by atoms with Crippen LogP contribution in [0.1, 0.15) is 31.2 Å². The average Bonchev–Trinajstić information content (AvgIpc) is 2.20. The molecule has 3 heteroatoms. The minimum Gasteiger partial charge on any atom is -0.481 e. The van der Waals surface area contributed by atoms with Gasteiger partial charge in [-0.25, -0.2) is 4.39 Å². The molecular formula is C12H15FO2. The SMILES string of the molecule is O=C(O)CCCCCc1ccc(F)cc1. The van der Waals surface area contributed by atoms with Gasteiger partial charge in [-0.2, -0.15) is 0 Å². The molecule has 1 aromatic carbocycles. The predicted octanol–water partition coefficient (Wildman–Crippen LogP) is 3.01. The first-order valence-corrected chi connectivity index (χ1v) is 5.15. The smallest absolute Gasteiger partial charge is 0.303 e. The highest BCUT2D eigenvalue weighted by Crippen LogP contribution is 2.08. The molecule has 0 saturated heterocycles. The summed E-state index contributed by atoms with van der Waals surface area (Å²) in [5, 5.41) is 8.42. The first-order valence-electron chi connectivity index (χ1n) is 5.15. The molecule has 82 valence electrons. The van der Waals surface area contributed by atoms with E-state index in [4.69, 9.17) is 5.11 Å². The van der Waals surface area contributed by atoms with Crippen LogP contribution in [0, 0.1) is 5.82 Å². The monoisotopic (exact) mass is 210 g/mol. The summed E-state index contributed by atoms with van der Waals surface area (Å²) < 4.78 is 12.6. The summed E-state index contributed by atoms with van der Waals surface area (Å²) in [6, 6.07) is 6.44. The highest BCUT2D eigenvalue weighted by molar-refractivity contribution is 5.66. The summed E-state index contributed by atoms with van der Waals surface area (Å²) in [6.45, 7) is 0. The van der Waals surface area contributed by atoms with E-state index in [0.29, 0.717) is 0 Å². The molecule has 0 heterocycles. The quantitative estimate of drug-likeness (QED) is 0.733. The van der Waals surface area contributed by atoms with Gasteiger partial charge in [0.1, 0.15) is 5.82 Å². The van der Waals surface area contributed by atoms with E-state index >= 15 is 0 Å². The fourth-order valence-corrected chi connectivity index (χ4v) is 1.43. The van der Waals surface area contributed by atoms with Crippen molar-refractivity contribution in [2.75, 3.05) is 0 Å². The second-order valence-corrected chi connectivity index (χ2v) is 3.58. The highest BCUT2D eigenvalue weighted by Gasteiger charge is 1.97. The van der Waals surface area contributed by atoms with Crippen LogP contribution in [0.25, 0.3) is 0 Å². The van der Waals surface area contributed by atoms with E-state index in [1.54, 1.807) is 12.1 Å². The lowest BCUT2D eigenvalue weighted by Gasteiger charge is -2.00. The number of carboxylic acids is 1. The number of aliphatic carboxylic acids is 1. The molecule has 1 rings (SSSR count). The van der Waals surface area contributed by atoms with Crippen LogP contribution >= 0.6 is 0 Å². The van der Waals surface area contributed by atoms with E-state index in [9.17, 15) is 9.18 Å². The van der Waals surface area contributed by atoms with Crippen LogP contribution in [0.3, 0.4) is 0 Å². The van der Waals surface area contributed by atoms with E-state index < -0.39 is 5.97 Å². The summed E-state index contributed by atoms with van der Waals surface area (Å²) in [6.07, 6.45) is 3.71.